The molecule has 2 saturated heterocycles. The van der Waals surface area contributed by atoms with Crippen LogP contribution < -0.4 is 4.74 Å². The summed E-state index contributed by atoms with van der Waals surface area (Å²) in [5.41, 5.74) is 0.516. The number of rotatable bonds is 5. The number of carbonyl (C=O) groups excluding carboxylic acids is 2. The zero-order valence-electron chi connectivity index (χ0n) is 16.2. The minimum absolute atomic E-state index is 0.0348. The first-order valence-corrected chi connectivity index (χ1v) is 10.0. The molecule has 2 fully saturated rings. The normalized spacial score (nSPS) is 21.9. The van der Waals surface area contributed by atoms with Crippen molar-refractivity contribution in [2.45, 2.75) is 44.9 Å². The monoisotopic (exact) mass is 382 g/mol. The number of hydrogen-bond acceptors (Lipinski definition) is 4. The highest BCUT2D eigenvalue weighted by Crippen LogP contribution is 2.27. The second kappa shape index (κ2) is 8.04. The predicted molar refractivity (Wildman–Crippen MR) is 104 cm³/mol. The molecule has 7 heteroatoms. The molecule has 28 heavy (non-hydrogen) atoms. The Morgan fingerprint density at radius 3 is 2.61 bits per heavy atom. The van der Waals surface area contributed by atoms with Gasteiger partial charge in [-0.25, -0.2) is 0 Å². The summed E-state index contributed by atoms with van der Waals surface area (Å²) in [6.07, 6.45) is 3.98. The van der Waals surface area contributed by atoms with Crippen LogP contribution in [0.15, 0.2) is 42.6 Å². The topological polar surface area (TPSA) is 67.7 Å². The number of ether oxygens (including phenoxy) is 1. The highest BCUT2D eigenvalue weighted by molar-refractivity contribution is 5.97. The summed E-state index contributed by atoms with van der Waals surface area (Å²) >= 11 is 0. The van der Waals surface area contributed by atoms with Gasteiger partial charge in [0.1, 0.15) is 23.6 Å². The van der Waals surface area contributed by atoms with Crippen LogP contribution in [0.2, 0.25) is 0 Å². The van der Waals surface area contributed by atoms with Gasteiger partial charge >= 0.3 is 0 Å². The van der Waals surface area contributed by atoms with Crippen molar-refractivity contribution < 1.29 is 14.3 Å². The van der Waals surface area contributed by atoms with Crippen LogP contribution in [0.3, 0.4) is 0 Å². The second-order valence-electron chi connectivity index (χ2n) is 7.33. The van der Waals surface area contributed by atoms with Crippen LogP contribution in [0.1, 0.15) is 36.7 Å². The van der Waals surface area contributed by atoms with E-state index in [1.54, 1.807) is 21.8 Å². The lowest BCUT2D eigenvalue weighted by Crippen LogP contribution is -2.47. The first kappa shape index (κ1) is 18.5. The first-order chi connectivity index (χ1) is 13.7. The maximum Gasteiger partial charge on any atom is 0.272 e. The molecule has 7 nitrogen and oxygen atoms in total. The Balaban J connectivity index is 1.56. The molecule has 2 atom stereocenters. The molecule has 2 aliphatic heterocycles. The SMILES string of the molecule is CCn1nccc1C(=O)N1C[C@@H](Oc2ccccc2)C[C@H]1C(=O)N1CCCC1. The van der Waals surface area contributed by atoms with E-state index in [1.165, 1.54) is 0 Å². The molecular formula is C21H26N4O3. The van der Waals surface area contributed by atoms with E-state index in [0.29, 0.717) is 25.2 Å². The van der Waals surface area contributed by atoms with Gasteiger partial charge in [-0.2, -0.15) is 5.10 Å². The highest BCUT2D eigenvalue weighted by atomic mass is 16.5. The van der Waals surface area contributed by atoms with Crippen LogP contribution >= 0.6 is 0 Å². The fourth-order valence-electron chi connectivity index (χ4n) is 4.09. The van der Waals surface area contributed by atoms with E-state index in [4.69, 9.17) is 4.74 Å². The third-order valence-corrected chi connectivity index (χ3v) is 5.51. The number of likely N-dealkylation sites (tertiary alicyclic amines) is 2. The van der Waals surface area contributed by atoms with Crippen LogP contribution in [-0.2, 0) is 11.3 Å². The molecule has 0 saturated carbocycles. The standard InChI is InChI=1S/C21H26N4O3/c1-2-25-18(10-11-22-25)21(27)24-15-17(28-16-8-4-3-5-9-16)14-19(24)20(26)23-12-6-7-13-23/h3-5,8-11,17,19H,2,6-7,12-15H2,1H3/t17-,19-/m0/s1. The van der Waals surface area contributed by atoms with Gasteiger partial charge in [0, 0.05) is 32.3 Å². The lowest BCUT2D eigenvalue weighted by Gasteiger charge is -2.27. The van der Waals surface area contributed by atoms with E-state index >= 15 is 0 Å². The van der Waals surface area contributed by atoms with Crippen molar-refractivity contribution in [1.29, 1.82) is 0 Å². The fourth-order valence-corrected chi connectivity index (χ4v) is 4.09. The third-order valence-electron chi connectivity index (χ3n) is 5.51. The Kier molecular flexibility index (Phi) is 5.32. The Bertz CT molecular complexity index is 829. The first-order valence-electron chi connectivity index (χ1n) is 10.0. The number of hydrogen-bond donors (Lipinski definition) is 0. The van der Waals surface area contributed by atoms with Gasteiger partial charge in [0.05, 0.1) is 6.54 Å². The van der Waals surface area contributed by atoms with Crippen molar-refractivity contribution in [3.05, 3.63) is 48.3 Å². The van der Waals surface area contributed by atoms with E-state index < -0.39 is 6.04 Å². The molecule has 3 heterocycles. The Labute approximate surface area is 164 Å². The molecule has 1 aromatic heterocycles. The Morgan fingerprint density at radius 2 is 1.89 bits per heavy atom. The third kappa shape index (κ3) is 3.61. The molecule has 2 aromatic rings. The summed E-state index contributed by atoms with van der Waals surface area (Å²) < 4.78 is 7.76. The fraction of sp³-hybridized carbons (Fsp3) is 0.476. The maximum absolute atomic E-state index is 13.3. The minimum atomic E-state index is -0.487. The number of carbonyl (C=O) groups is 2. The molecule has 148 valence electrons. The van der Waals surface area contributed by atoms with Crippen LogP contribution in [0.5, 0.6) is 5.75 Å². The second-order valence-corrected chi connectivity index (χ2v) is 7.33. The predicted octanol–water partition coefficient (Wildman–Crippen LogP) is 2.19. The van der Waals surface area contributed by atoms with Crippen molar-refractivity contribution in [3.8, 4) is 5.75 Å². The highest BCUT2D eigenvalue weighted by Gasteiger charge is 2.43. The van der Waals surface area contributed by atoms with Gasteiger partial charge in [0.2, 0.25) is 5.91 Å². The van der Waals surface area contributed by atoms with Crippen molar-refractivity contribution >= 4 is 11.8 Å². The van der Waals surface area contributed by atoms with E-state index in [1.807, 2.05) is 42.2 Å². The molecule has 0 radical (unpaired) electrons. The lowest BCUT2D eigenvalue weighted by molar-refractivity contribution is -0.134. The van der Waals surface area contributed by atoms with Crippen molar-refractivity contribution in [3.63, 3.8) is 0 Å². The number of amides is 2. The molecule has 2 aliphatic rings. The summed E-state index contributed by atoms with van der Waals surface area (Å²) in [4.78, 5) is 30.0. The molecule has 1 aromatic carbocycles. The van der Waals surface area contributed by atoms with E-state index in [9.17, 15) is 9.59 Å². The lowest BCUT2D eigenvalue weighted by atomic mass is 10.1. The van der Waals surface area contributed by atoms with Crippen molar-refractivity contribution in [2.75, 3.05) is 19.6 Å². The van der Waals surface area contributed by atoms with Crippen LogP contribution in [-0.4, -0.2) is 63.2 Å². The van der Waals surface area contributed by atoms with Crippen LogP contribution in [0, 0.1) is 0 Å². The van der Waals surface area contributed by atoms with Crippen LogP contribution in [0.4, 0.5) is 0 Å². The summed E-state index contributed by atoms with van der Waals surface area (Å²) in [6.45, 7) is 4.49. The zero-order valence-corrected chi connectivity index (χ0v) is 16.2. The molecule has 0 bridgehead atoms. The smallest absolute Gasteiger partial charge is 0.272 e. The Hall–Kier alpha value is -2.83. The van der Waals surface area contributed by atoms with Gasteiger partial charge in [-0.05, 0) is 38.0 Å². The number of aryl methyl sites for hydroxylation is 1. The van der Waals surface area contributed by atoms with E-state index in [0.717, 1.165) is 31.7 Å². The summed E-state index contributed by atoms with van der Waals surface area (Å²) in [5.74, 6) is 0.636. The number of para-hydroxylation sites is 1. The van der Waals surface area contributed by atoms with E-state index in [2.05, 4.69) is 5.10 Å². The molecule has 0 unspecified atom stereocenters. The zero-order chi connectivity index (χ0) is 19.5. The Morgan fingerprint density at radius 1 is 1.14 bits per heavy atom. The molecule has 0 aliphatic carbocycles. The molecule has 0 N–H and O–H groups in total. The molecule has 0 spiro atoms. The number of benzene rings is 1. The van der Waals surface area contributed by atoms with Gasteiger partial charge in [0.25, 0.3) is 5.91 Å². The van der Waals surface area contributed by atoms with Gasteiger partial charge < -0.3 is 14.5 Å². The number of nitrogens with zero attached hydrogens (tertiary/aromatic N) is 4. The summed E-state index contributed by atoms with van der Waals surface area (Å²) in [6, 6.07) is 10.8. The van der Waals surface area contributed by atoms with Gasteiger partial charge in [-0.3, -0.25) is 14.3 Å². The quantitative estimate of drug-likeness (QED) is 0.795. The molecule has 2 amide bonds. The van der Waals surface area contributed by atoms with Gasteiger partial charge in [-0.1, -0.05) is 18.2 Å². The maximum atomic E-state index is 13.3. The van der Waals surface area contributed by atoms with Crippen molar-refractivity contribution in [2.24, 2.45) is 0 Å². The molecule has 4 rings (SSSR count). The van der Waals surface area contributed by atoms with E-state index in [-0.39, 0.29) is 17.9 Å². The number of aromatic nitrogens is 2. The van der Waals surface area contributed by atoms with Gasteiger partial charge in [-0.15, -0.1) is 0 Å². The molecular weight excluding hydrogens is 356 g/mol. The minimum Gasteiger partial charge on any atom is -0.488 e. The average Bonchev–Trinajstić information content (AvgIpc) is 3.47. The summed E-state index contributed by atoms with van der Waals surface area (Å²) in [7, 11) is 0. The van der Waals surface area contributed by atoms with Crippen LogP contribution in [0.25, 0.3) is 0 Å². The van der Waals surface area contributed by atoms with Crippen molar-refractivity contribution in [1.82, 2.24) is 19.6 Å². The largest absolute Gasteiger partial charge is 0.488 e. The average molecular weight is 382 g/mol. The van der Waals surface area contributed by atoms with Gasteiger partial charge in [0.15, 0.2) is 0 Å². The summed E-state index contributed by atoms with van der Waals surface area (Å²) in [5, 5.41) is 4.20.